The highest BCUT2D eigenvalue weighted by atomic mass is 32.1. The number of imidazole rings is 1. The maximum atomic E-state index is 5.82. The van der Waals surface area contributed by atoms with Crippen molar-refractivity contribution in [1.29, 1.82) is 0 Å². The van der Waals surface area contributed by atoms with Crippen LogP contribution in [0.2, 0.25) is 0 Å². The van der Waals surface area contributed by atoms with Gasteiger partial charge in [0.05, 0.1) is 12.1 Å². The Bertz CT molecular complexity index is 652. The van der Waals surface area contributed by atoms with Crippen molar-refractivity contribution in [2.24, 2.45) is 5.92 Å². The Morgan fingerprint density at radius 3 is 2.90 bits per heavy atom. The first kappa shape index (κ1) is 14.6. The van der Waals surface area contributed by atoms with E-state index >= 15 is 0 Å². The average molecular weight is 304 g/mol. The number of nitrogens with one attached hydrogen (secondary N) is 1. The summed E-state index contributed by atoms with van der Waals surface area (Å²) in [6, 6.07) is 6.21. The SMILES string of the molecule is CCCOc1cccc2c1[nH]c(=S)n2CCC1CCCC1. The van der Waals surface area contributed by atoms with Crippen LogP contribution in [-0.2, 0) is 6.54 Å². The highest BCUT2D eigenvalue weighted by Gasteiger charge is 2.16. The smallest absolute Gasteiger partial charge is 0.178 e. The van der Waals surface area contributed by atoms with Gasteiger partial charge in [-0.25, -0.2) is 0 Å². The zero-order valence-electron chi connectivity index (χ0n) is 12.7. The zero-order valence-corrected chi connectivity index (χ0v) is 13.5. The second-order valence-corrected chi connectivity index (χ2v) is 6.41. The van der Waals surface area contributed by atoms with E-state index in [1.807, 2.05) is 6.07 Å². The Labute approximate surface area is 131 Å². The fourth-order valence-corrected chi connectivity index (χ4v) is 3.61. The molecule has 0 radical (unpaired) electrons. The van der Waals surface area contributed by atoms with Crippen LogP contribution in [0.1, 0.15) is 45.4 Å². The zero-order chi connectivity index (χ0) is 14.7. The first-order valence-corrected chi connectivity index (χ1v) is 8.54. The molecule has 1 aromatic carbocycles. The summed E-state index contributed by atoms with van der Waals surface area (Å²) < 4.78 is 8.88. The Morgan fingerprint density at radius 1 is 1.33 bits per heavy atom. The second kappa shape index (κ2) is 6.65. The molecule has 1 heterocycles. The van der Waals surface area contributed by atoms with E-state index in [0.29, 0.717) is 0 Å². The lowest BCUT2D eigenvalue weighted by Crippen LogP contribution is -2.03. The molecule has 3 nitrogen and oxygen atoms in total. The van der Waals surface area contributed by atoms with Crippen LogP contribution in [0.5, 0.6) is 5.75 Å². The molecule has 1 fully saturated rings. The van der Waals surface area contributed by atoms with Crippen molar-refractivity contribution in [1.82, 2.24) is 9.55 Å². The highest BCUT2D eigenvalue weighted by molar-refractivity contribution is 7.71. The number of fused-ring (bicyclic) bond motifs is 1. The summed E-state index contributed by atoms with van der Waals surface area (Å²) in [6.45, 7) is 3.88. The number of para-hydroxylation sites is 1. The van der Waals surface area contributed by atoms with Crippen molar-refractivity contribution >= 4 is 23.3 Å². The lowest BCUT2D eigenvalue weighted by molar-refractivity contribution is 0.320. The molecule has 2 aromatic rings. The third-order valence-corrected chi connectivity index (χ3v) is 4.79. The quantitative estimate of drug-likeness (QED) is 0.755. The van der Waals surface area contributed by atoms with Crippen molar-refractivity contribution < 1.29 is 4.74 Å². The molecule has 0 bridgehead atoms. The van der Waals surface area contributed by atoms with Crippen LogP contribution in [0.4, 0.5) is 0 Å². The fourth-order valence-electron chi connectivity index (χ4n) is 3.32. The summed E-state index contributed by atoms with van der Waals surface area (Å²) >= 11 is 5.52. The van der Waals surface area contributed by atoms with Gasteiger partial charge in [0, 0.05) is 6.54 Å². The van der Waals surface area contributed by atoms with Crippen molar-refractivity contribution in [3.63, 3.8) is 0 Å². The second-order valence-electron chi connectivity index (χ2n) is 6.02. The van der Waals surface area contributed by atoms with Crippen molar-refractivity contribution in [3.05, 3.63) is 23.0 Å². The van der Waals surface area contributed by atoms with Gasteiger partial charge in [-0.3, -0.25) is 0 Å². The van der Waals surface area contributed by atoms with Gasteiger partial charge in [-0.1, -0.05) is 38.7 Å². The number of H-pyrrole nitrogens is 1. The van der Waals surface area contributed by atoms with Crippen molar-refractivity contribution in [2.45, 2.75) is 52.0 Å². The summed E-state index contributed by atoms with van der Waals surface area (Å²) in [4.78, 5) is 3.33. The monoisotopic (exact) mass is 304 g/mol. The number of hydrogen-bond acceptors (Lipinski definition) is 2. The van der Waals surface area contributed by atoms with Gasteiger partial charge in [-0.2, -0.15) is 0 Å². The first-order valence-electron chi connectivity index (χ1n) is 8.14. The van der Waals surface area contributed by atoms with E-state index < -0.39 is 0 Å². The first-order chi connectivity index (χ1) is 10.3. The Kier molecular flexibility index (Phi) is 4.63. The van der Waals surface area contributed by atoms with E-state index in [-0.39, 0.29) is 0 Å². The van der Waals surface area contributed by atoms with Crippen molar-refractivity contribution in [3.8, 4) is 5.75 Å². The molecule has 1 aliphatic carbocycles. The minimum Gasteiger partial charge on any atom is -0.491 e. The maximum Gasteiger partial charge on any atom is 0.178 e. The number of aryl methyl sites for hydroxylation is 1. The Balaban J connectivity index is 1.84. The fraction of sp³-hybridized carbons (Fsp3) is 0.588. The van der Waals surface area contributed by atoms with Gasteiger partial charge in [0.2, 0.25) is 0 Å². The highest BCUT2D eigenvalue weighted by Crippen LogP contribution is 2.30. The number of rotatable bonds is 6. The molecule has 114 valence electrons. The molecule has 3 rings (SSSR count). The van der Waals surface area contributed by atoms with Crippen LogP contribution >= 0.6 is 12.2 Å². The van der Waals surface area contributed by atoms with Crippen molar-refractivity contribution in [2.75, 3.05) is 6.61 Å². The van der Waals surface area contributed by atoms with Gasteiger partial charge in [-0.15, -0.1) is 0 Å². The van der Waals surface area contributed by atoms with Gasteiger partial charge in [0.15, 0.2) is 4.77 Å². The normalized spacial score (nSPS) is 15.9. The van der Waals surface area contributed by atoms with E-state index in [4.69, 9.17) is 17.0 Å². The van der Waals surface area contributed by atoms with Crippen LogP contribution < -0.4 is 4.74 Å². The molecular formula is C17H24N2OS. The molecule has 0 amide bonds. The number of nitrogens with zero attached hydrogens (tertiary/aromatic N) is 1. The van der Waals surface area contributed by atoms with E-state index in [1.165, 1.54) is 37.6 Å². The molecule has 1 N–H and O–H groups in total. The number of hydrogen-bond donors (Lipinski definition) is 1. The largest absolute Gasteiger partial charge is 0.491 e. The van der Waals surface area contributed by atoms with E-state index in [2.05, 4.69) is 28.6 Å². The Hall–Kier alpha value is -1.29. The average Bonchev–Trinajstić information content (AvgIpc) is 3.10. The van der Waals surface area contributed by atoms with Crippen LogP contribution in [0.25, 0.3) is 11.0 Å². The topological polar surface area (TPSA) is 29.9 Å². The summed E-state index contributed by atoms with van der Waals surface area (Å²) in [7, 11) is 0. The van der Waals surface area contributed by atoms with Crippen LogP contribution in [-0.4, -0.2) is 16.2 Å². The molecule has 0 aliphatic heterocycles. The molecular weight excluding hydrogens is 280 g/mol. The molecule has 21 heavy (non-hydrogen) atoms. The maximum absolute atomic E-state index is 5.82. The number of aromatic nitrogens is 2. The minimum absolute atomic E-state index is 0.743. The molecule has 0 unspecified atom stereocenters. The lowest BCUT2D eigenvalue weighted by atomic mass is 10.0. The number of ether oxygens (including phenoxy) is 1. The number of benzene rings is 1. The molecule has 1 saturated carbocycles. The van der Waals surface area contributed by atoms with Gasteiger partial charge in [-0.05, 0) is 43.1 Å². The summed E-state index contributed by atoms with van der Waals surface area (Å²) in [5.74, 6) is 1.80. The lowest BCUT2D eigenvalue weighted by Gasteiger charge is -2.10. The van der Waals surface area contributed by atoms with E-state index in [9.17, 15) is 0 Å². The van der Waals surface area contributed by atoms with Gasteiger partial charge in [0.1, 0.15) is 11.3 Å². The minimum atomic E-state index is 0.743. The molecule has 0 saturated heterocycles. The van der Waals surface area contributed by atoms with Gasteiger partial charge in [0.25, 0.3) is 0 Å². The third-order valence-electron chi connectivity index (χ3n) is 4.47. The van der Waals surface area contributed by atoms with Crippen LogP contribution in [0.15, 0.2) is 18.2 Å². The molecule has 1 aliphatic rings. The number of aromatic amines is 1. The standard InChI is InChI=1S/C17H24N2OS/c1-2-12-20-15-9-5-8-14-16(15)18-17(21)19(14)11-10-13-6-3-4-7-13/h5,8-9,13H,2-4,6-7,10-12H2,1H3,(H,18,21). The van der Waals surface area contributed by atoms with Crippen LogP contribution in [0.3, 0.4) is 0 Å². The summed E-state index contributed by atoms with van der Waals surface area (Å²) in [6.07, 6.45) is 7.83. The van der Waals surface area contributed by atoms with E-state index in [1.54, 1.807) is 0 Å². The Morgan fingerprint density at radius 2 is 2.14 bits per heavy atom. The third kappa shape index (κ3) is 3.15. The molecule has 0 atom stereocenters. The van der Waals surface area contributed by atoms with Gasteiger partial charge < -0.3 is 14.3 Å². The molecule has 1 aromatic heterocycles. The predicted molar refractivity (Wildman–Crippen MR) is 89.5 cm³/mol. The predicted octanol–water partition coefficient (Wildman–Crippen LogP) is 5.07. The summed E-state index contributed by atoms with van der Waals surface area (Å²) in [5.41, 5.74) is 2.22. The molecule has 4 heteroatoms. The van der Waals surface area contributed by atoms with Crippen LogP contribution in [0, 0.1) is 10.7 Å². The van der Waals surface area contributed by atoms with Gasteiger partial charge >= 0.3 is 0 Å². The molecule has 0 spiro atoms. The summed E-state index contributed by atoms with van der Waals surface area (Å²) in [5, 5.41) is 0. The van der Waals surface area contributed by atoms with E-state index in [0.717, 1.165) is 41.5 Å².